The third-order valence-corrected chi connectivity index (χ3v) is 3.96. The first kappa shape index (κ1) is 9.93. The minimum absolute atomic E-state index is 0.172. The van der Waals surface area contributed by atoms with E-state index in [1.54, 1.807) is 0 Å². The SMILES string of the molecule is NNC(=O)C12CCCC(CCC1O)C2. The molecule has 1 amide bonds. The Labute approximate surface area is 83.8 Å². The van der Waals surface area contributed by atoms with Crippen molar-refractivity contribution in [3.63, 3.8) is 0 Å². The number of hydrogen-bond acceptors (Lipinski definition) is 3. The molecule has 0 saturated heterocycles. The van der Waals surface area contributed by atoms with Crippen LogP contribution >= 0.6 is 0 Å². The first-order chi connectivity index (χ1) is 6.69. The summed E-state index contributed by atoms with van der Waals surface area (Å²) in [6.45, 7) is 0. The van der Waals surface area contributed by atoms with Gasteiger partial charge in [-0.15, -0.1) is 0 Å². The van der Waals surface area contributed by atoms with Gasteiger partial charge in [-0.1, -0.05) is 12.8 Å². The topological polar surface area (TPSA) is 75.3 Å². The van der Waals surface area contributed by atoms with Crippen molar-refractivity contribution in [2.24, 2.45) is 17.2 Å². The summed E-state index contributed by atoms with van der Waals surface area (Å²) in [4.78, 5) is 11.7. The summed E-state index contributed by atoms with van der Waals surface area (Å²) >= 11 is 0. The summed E-state index contributed by atoms with van der Waals surface area (Å²) in [6, 6.07) is 0. The van der Waals surface area contributed by atoms with Gasteiger partial charge < -0.3 is 5.11 Å². The van der Waals surface area contributed by atoms with Crippen LogP contribution in [0.4, 0.5) is 0 Å². The lowest BCUT2D eigenvalue weighted by atomic mass is 9.60. The van der Waals surface area contributed by atoms with Crippen molar-refractivity contribution >= 4 is 5.91 Å². The number of fused-ring (bicyclic) bond motifs is 2. The second-order valence-electron chi connectivity index (χ2n) is 4.69. The first-order valence-electron chi connectivity index (χ1n) is 5.38. The molecule has 80 valence electrons. The molecule has 2 bridgehead atoms. The van der Waals surface area contributed by atoms with Crippen LogP contribution in [0.15, 0.2) is 0 Å². The van der Waals surface area contributed by atoms with Crippen molar-refractivity contribution in [3.8, 4) is 0 Å². The van der Waals surface area contributed by atoms with Crippen molar-refractivity contribution in [2.75, 3.05) is 0 Å². The third kappa shape index (κ3) is 1.33. The van der Waals surface area contributed by atoms with Gasteiger partial charge in [0.05, 0.1) is 11.5 Å². The number of carbonyl (C=O) groups is 1. The molecule has 2 rings (SSSR count). The molecule has 0 aromatic carbocycles. The first-order valence-corrected chi connectivity index (χ1v) is 5.38. The number of rotatable bonds is 1. The molecule has 14 heavy (non-hydrogen) atoms. The van der Waals surface area contributed by atoms with E-state index >= 15 is 0 Å². The minimum atomic E-state index is -0.573. The van der Waals surface area contributed by atoms with E-state index in [-0.39, 0.29) is 5.91 Å². The number of aliphatic hydroxyl groups is 1. The predicted octanol–water partition coefficient (Wildman–Crippen LogP) is 0.308. The van der Waals surface area contributed by atoms with Crippen LogP contribution in [0.2, 0.25) is 0 Å². The van der Waals surface area contributed by atoms with Crippen LogP contribution in [0, 0.1) is 11.3 Å². The Kier molecular flexibility index (Phi) is 2.49. The molecule has 2 aliphatic carbocycles. The van der Waals surface area contributed by atoms with Crippen molar-refractivity contribution in [1.82, 2.24) is 5.43 Å². The summed E-state index contributed by atoms with van der Waals surface area (Å²) in [6.07, 6.45) is 5.15. The molecule has 2 saturated carbocycles. The molecule has 4 N–H and O–H groups in total. The number of hydrazine groups is 1. The van der Waals surface area contributed by atoms with Crippen molar-refractivity contribution in [3.05, 3.63) is 0 Å². The van der Waals surface area contributed by atoms with Crippen molar-refractivity contribution in [1.29, 1.82) is 0 Å². The van der Waals surface area contributed by atoms with E-state index in [0.29, 0.717) is 5.92 Å². The van der Waals surface area contributed by atoms with Gasteiger partial charge in [0, 0.05) is 0 Å². The van der Waals surface area contributed by atoms with Crippen LogP contribution in [-0.4, -0.2) is 17.1 Å². The fraction of sp³-hybridized carbons (Fsp3) is 0.900. The second kappa shape index (κ2) is 3.51. The summed E-state index contributed by atoms with van der Waals surface area (Å²) in [7, 11) is 0. The van der Waals surface area contributed by atoms with Gasteiger partial charge in [0.15, 0.2) is 0 Å². The zero-order valence-electron chi connectivity index (χ0n) is 8.33. The molecule has 0 aromatic heterocycles. The number of amides is 1. The number of carbonyl (C=O) groups excluding carboxylic acids is 1. The van der Waals surface area contributed by atoms with Gasteiger partial charge in [0.2, 0.25) is 5.91 Å². The summed E-state index contributed by atoms with van der Waals surface area (Å²) in [5.41, 5.74) is 1.64. The van der Waals surface area contributed by atoms with E-state index in [0.717, 1.165) is 32.1 Å². The van der Waals surface area contributed by atoms with Crippen LogP contribution in [-0.2, 0) is 4.79 Å². The number of aliphatic hydroxyl groups excluding tert-OH is 1. The van der Waals surface area contributed by atoms with Gasteiger partial charge in [-0.2, -0.15) is 0 Å². The highest BCUT2D eigenvalue weighted by atomic mass is 16.3. The van der Waals surface area contributed by atoms with Gasteiger partial charge >= 0.3 is 0 Å². The van der Waals surface area contributed by atoms with Gasteiger partial charge in [-0.25, -0.2) is 5.84 Å². The number of nitrogens with two attached hydrogens (primary N) is 1. The predicted molar refractivity (Wildman–Crippen MR) is 52.0 cm³/mol. The van der Waals surface area contributed by atoms with Gasteiger partial charge in [0.1, 0.15) is 0 Å². The quantitative estimate of drug-likeness (QED) is 0.322. The van der Waals surface area contributed by atoms with Crippen molar-refractivity contribution in [2.45, 2.75) is 44.6 Å². The molecule has 4 nitrogen and oxygen atoms in total. The van der Waals surface area contributed by atoms with E-state index in [1.807, 2.05) is 0 Å². The van der Waals surface area contributed by atoms with Crippen LogP contribution in [0.3, 0.4) is 0 Å². The Bertz CT molecular complexity index is 244. The smallest absolute Gasteiger partial charge is 0.242 e. The zero-order chi connectivity index (χ0) is 10.2. The average Bonchev–Trinajstić information content (AvgIpc) is 2.23. The van der Waals surface area contributed by atoms with E-state index < -0.39 is 11.5 Å². The van der Waals surface area contributed by atoms with Crippen LogP contribution < -0.4 is 11.3 Å². The molecule has 0 aromatic rings. The zero-order valence-corrected chi connectivity index (χ0v) is 8.33. The lowest BCUT2D eigenvalue weighted by molar-refractivity contribution is -0.148. The van der Waals surface area contributed by atoms with Gasteiger partial charge in [-0.05, 0) is 31.6 Å². The molecular weight excluding hydrogens is 180 g/mol. The Balaban J connectivity index is 2.23. The fourth-order valence-corrected chi connectivity index (χ4v) is 3.15. The summed E-state index contributed by atoms with van der Waals surface area (Å²) < 4.78 is 0. The molecule has 0 aliphatic heterocycles. The Hall–Kier alpha value is -0.610. The maximum Gasteiger partial charge on any atom is 0.242 e. The Morgan fingerprint density at radius 2 is 2.21 bits per heavy atom. The molecule has 4 heteroatoms. The fourth-order valence-electron chi connectivity index (χ4n) is 3.15. The highest BCUT2D eigenvalue weighted by Gasteiger charge is 2.50. The highest BCUT2D eigenvalue weighted by molar-refractivity contribution is 5.83. The standard InChI is InChI=1S/C10H18N2O2/c11-12-9(14)10-5-1-2-7(6-10)3-4-8(10)13/h7-8,13H,1-6,11H2,(H,12,14). The van der Waals surface area contributed by atoms with E-state index in [9.17, 15) is 9.90 Å². The largest absolute Gasteiger partial charge is 0.392 e. The van der Waals surface area contributed by atoms with Crippen LogP contribution in [0.5, 0.6) is 0 Å². The molecule has 3 unspecified atom stereocenters. The number of nitrogens with one attached hydrogen (secondary N) is 1. The maximum absolute atomic E-state index is 11.7. The van der Waals surface area contributed by atoms with Gasteiger partial charge in [-0.3, -0.25) is 10.2 Å². The lowest BCUT2D eigenvalue weighted by Crippen LogP contribution is -2.55. The maximum atomic E-state index is 11.7. The normalized spacial score (nSPS) is 41.9. The molecule has 3 atom stereocenters. The highest BCUT2D eigenvalue weighted by Crippen LogP contribution is 2.48. The average molecular weight is 198 g/mol. The third-order valence-electron chi connectivity index (χ3n) is 3.96. The number of hydrogen-bond donors (Lipinski definition) is 3. The Morgan fingerprint density at radius 1 is 1.43 bits per heavy atom. The molecule has 2 aliphatic rings. The van der Waals surface area contributed by atoms with Gasteiger partial charge in [0.25, 0.3) is 0 Å². The molecule has 2 fully saturated rings. The lowest BCUT2D eigenvalue weighted by Gasteiger charge is -2.46. The van der Waals surface area contributed by atoms with E-state index in [2.05, 4.69) is 5.43 Å². The minimum Gasteiger partial charge on any atom is -0.392 e. The molecule has 0 radical (unpaired) electrons. The van der Waals surface area contributed by atoms with E-state index in [1.165, 1.54) is 6.42 Å². The second-order valence-corrected chi connectivity index (χ2v) is 4.69. The monoisotopic (exact) mass is 198 g/mol. The molecular formula is C10H18N2O2. The van der Waals surface area contributed by atoms with Crippen LogP contribution in [0.25, 0.3) is 0 Å². The summed E-state index contributed by atoms with van der Waals surface area (Å²) in [5.74, 6) is 5.63. The van der Waals surface area contributed by atoms with Crippen molar-refractivity contribution < 1.29 is 9.90 Å². The van der Waals surface area contributed by atoms with Crippen LogP contribution in [0.1, 0.15) is 38.5 Å². The molecule has 0 spiro atoms. The molecule has 0 heterocycles. The van der Waals surface area contributed by atoms with E-state index in [4.69, 9.17) is 5.84 Å². The summed E-state index contributed by atoms with van der Waals surface area (Å²) in [5, 5.41) is 9.96. The Morgan fingerprint density at radius 3 is 2.93 bits per heavy atom.